The summed E-state index contributed by atoms with van der Waals surface area (Å²) in [6, 6.07) is 11.7. The fourth-order valence-corrected chi connectivity index (χ4v) is 3.10. The summed E-state index contributed by atoms with van der Waals surface area (Å²) >= 11 is 1.64. The molecule has 3 aromatic rings. The summed E-state index contributed by atoms with van der Waals surface area (Å²) in [6.45, 7) is 0. The fraction of sp³-hybridized carbons (Fsp3) is 0.235. The van der Waals surface area contributed by atoms with Gasteiger partial charge in [-0.3, -0.25) is 4.98 Å². The molecule has 21 heavy (non-hydrogen) atoms. The van der Waals surface area contributed by atoms with Crippen molar-refractivity contribution in [2.75, 3.05) is 0 Å². The molecule has 2 heterocycles. The van der Waals surface area contributed by atoms with Crippen LogP contribution in [0.4, 0.5) is 0 Å². The van der Waals surface area contributed by atoms with E-state index in [4.69, 9.17) is 4.74 Å². The third kappa shape index (κ3) is 2.64. The molecule has 2 aromatic heterocycles. The maximum absolute atomic E-state index is 10.5. The Morgan fingerprint density at radius 3 is 2.71 bits per heavy atom. The first-order valence-electron chi connectivity index (χ1n) is 7.07. The van der Waals surface area contributed by atoms with E-state index in [0.29, 0.717) is 6.10 Å². The quantitative estimate of drug-likeness (QED) is 0.793. The number of aromatic nitrogens is 1. The largest absolute Gasteiger partial charge is 0.490 e. The first-order chi connectivity index (χ1) is 10.3. The number of aliphatic hydroxyl groups excluding tert-OH is 1. The Morgan fingerprint density at radius 2 is 1.95 bits per heavy atom. The predicted octanol–water partition coefficient (Wildman–Crippen LogP) is 3.92. The molecule has 1 fully saturated rings. The molecule has 1 aliphatic rings. The number of aliphatic hydroxyl groups is 1. The van der Waals surface area contributed by atoms with Crippen LogP contribution in [0.15, 0.2) is 48.0 Å². The van der Waals surface area contributed by atoms with Crippen molar-refractivity contribution in [2.45, 2.75) is 25.0 Å². The van der Waals surface area contributed by atoms with Crippen LogP contribution < -0.4 is 4.74 Å². The van der Waals surface area contributed by atoms with Crippen LogP contribution in [0.25, 0.3) is 10.2 Å². The second kappa shape index (κ2) is 5.13. The summed E-state index contributed by atoms with van der Waals surface area (Å²) in [4.78, 5) is 4.38. The third-order valence-corrected chi connectivity index (χ3v) is 4.52. The molecule has 0 amide bonds. The van der Waals surface area contributed by atoms with Crippen molar-refractivity contribution >= 4 is 21.6 Å². The van der Waals surface area contributed by atoms with Gasteiger partial charge in [0.2, 0.25) is 0 Å². The van der Waals surface area contributed by atoms with Crippen molar-refractivity contribution in [1.82, 2.24) is 4.98 Å². The topological polar surface area (TPSA) is 42.4 Å². The zero-order valence-electron chi connectivity index (χ0n) is 11.4. The van der Waals surface area contributed by atoms with Gasteiger partial charge in [0.15, 0.2) is 0 Å². The highest BCUT2D eigenvalue weighted by atomic mass is 32.1. The first kappa shape index (κ1) is 12.8. The molecule has 1 N–H and O–H groups in total. The monoisotopic (exact) mass is 297 g/mol. The second-order valence-corrected chi connectivity index (χ2v) is 6.31. The Balaban J connectivity index is 1.58. The molecule has 1 aliphatic carbocycles. The molecular weight excluding hydrogens is 282 g/mol. The summed E-state index contributed by atoms with van der Waals surface area (Å²) in [5, 5.41) is 12.5. The molecule has 1 saturated carbocycles. The molecule has 1 unspecified atom stereocenters. The van der Waals surface area contributed by atoms with E-state index in [9.17, 15) is 5.11 Å². The lowest BCUT2D eigenvalue weighted by Crippen LogP contribution is -2.01. The van der Waals surface area contributed by atoms with E-state index in [-0.39, 0.29) is 0 Å². The molecule has 0 radical (unpaired) electrons. The molecule has 4 rings (SSSR count). The lowest BCUT2D eigenvalue weighted by molar-refractivity contribution is 0.220. The minimum atomic E-state index is -0.654. The predicted molar refractivity (Wildman–Crippen MR) is 83.8 cm³/mol. The van der Waals surface area contributed by atoms with Gasteiger partial charge >= 0.3 is 0 Å². The zero-order valence-corrected chi connectivity index (χ0v) is 12.2. The summed E-state index contributed by atoms with van der Waals surface area (Å²) in [7, 11) is 0. The molecule has 106 valence electrons. The van der Waals surface area contributed by atoms with E-state index in [1.54, 1.807) is 17.5 Å². The Bertz CT molecular complexity index is 762. The summed E-state index contributed by atoms with van der Waals surface area (Å²) in [5.74, 6) is 0.875. The molecule has 0 bridgehead atoms. The van der Waals surface area contributed by atoms with Gasteiger partial charge in [0.25, 0.3) is 0 Å². The molecule has 1 atom stereocenters. The SMILES string of the molecule is OC(c1ccc(OC2CC2)cc1)c1cnc2ccsc2c1. The maximum atomic E-state index is 10.5. The van der Waals surface area contributed by atoms with Crippen LogP contribution in [0.5, 0.6) is 5.75 Å². The van der Waals surface area contributed by atoms with Gasteiger partial charge in [-0.05, 0) is 48.1 Å². The number of fused-ring (bicyclic) bond motifs is 1. The Morgan fingerprint density at radius 1 is 1.14 bits per heavy atom. The van der Waals surface area contributed by atoms with Gasteiger partial charge in [0.1, 0.15) is 11.9 Å². The molecule has 4 heteroatoms. The van der Waals surface area contributed by atoms with Crippen LogP contribution in [0.3, 0.4) is 0 Å². The lowest BCUT2D eigenvalue weighted by Gasteiger charge is -2.12. The number of rotatable bonds is 4. The van der Waals surface area contributed by atoms with E-state index in [2.05, 4.69) is 4.98 Å². The summed E-state index contributed by atoms with van der Waals surface area (Å²) in [6.07, 6.45) is 3.78. The first-order valence-corrected chi connectivity index (χ1v) is 7.95. The van der Waals surface area contributed by atoms with Gasteiger partial charge in [-0.15, -0.1) is 11.3 Å². The Kier molecular flexibility index (Phi) is 3.13. The number of ether oxygens (including phenoxy) is 1. The average molecular weight is 297 g/mol. The summed E-state index contributed by atoms with van der Waals surface area (Å²) < 4.78 is 6.82. The molecule has 0 saturated heterocycles. The van der Waals surface area contributed by atoms with Crippen LogP contribution in [-0.2, 0) is 0 Å². The van der Waals surface area contributed by atoms with Crippen LogP contribution in [0.2, 0.25) is 0 Å². The van der Waals surface area contributed by atoms with Gasteiger partial charge in [-0.1, -0.05) is 12.1 Å². The maximum Gasteiger partial charge on any atom is 0.119 e. The van der Waals surface area contributed by atoms with Gasteiger partial charge in [0, 0.05) is 11.8 Å². The lowest BCUT2D eigenvalue weighted by atomic mass is 10.0. The minimum Gasteiger partial charge on any atom is -0.490 e. The molecule has 1 aromatic carbocycles. The molecular formula is C17H15NO2S. The van der Waals surface area contributed by atoms with E-state index >= 15 is 0 Å². The van der Waals surface area contributed by atoms with E-state index in [0.717, 1.165) is 39.9 Å². The minimum absolute atomic E-state index is 0.395. The molecule has 0 spiro atoms. The van der Waals surface area contributed by atoms with Crippen molar-refractivity contribution in [3.8, 4) is 5.75 Å². The van der Waals surface area contributed by atoms with Crippen LogP contribution in [-0.4, -0.2) is 16.2 Å². The standard InChI is InChI=1S/C17H15NO2S/c19-17(12-9-16-15(18-10-12)7-8-21-16)11-1-3-13(4-2-11)20-14-5-6-14/h1-4,7-10,14,17,19H,5-6H2. The number of thiophene rings is 1. The van der Waals surface area contributed by atoms with Crippen LogP contribution in [0.1, 0.15) is 30.1 Å². The number of nitrogens with zero attached hydrogens (tertiary/aromatic N) is 1. The highest BCUT2D eigenvalue weighted by Crippen LogP contribution is 2.30. The summed E-state index contributed by atoms with van der Waals surface area (Å²) in [5.41, 5.74) is 2.65. The zero-order chi connectivity index (χ0) is 14.2. The Labute approximate surface area is 126 Å². The van der Waals surface area contributed by atoms with Crippen molar-refractivity contribution < 1.29 is 9.84 Å². The fourth-order valence-electron chi connectivity index (χ4n) is 2.31. The normalized spacial score (nSPS) is 16.0. The smallest absolute Gasteiger partial charge is 0.119 e. The van der Waals surface area contributed by atoms with Crippen molar-refractivity contribution in [3.63, 3.8) is 0 Å². The van der Waals surface area contributed by atoms with E-state index < -0.39 is 6.10 Å². The van der Waals surface area contributed by atoms with Crippen molar-refractivity contribution in [1.29, 1.82) is 0 Å². The average Bonchev–Trinajstić information content (AvgIpc) is 3.21. The van der Waals surface area contributed by atoms with Gasteiger partial charge in [-0.2, -0.15) is 0 Å². The van der Waals surface area contributed by atoms with Crippen LogP contribution in [0, 0.1) is 0 Å². The molecule has 0 aliphatic heterocycles. The van der Waals surface area contributed by atoms with Crippen LogP contribution >= 0.6 is 11.3 Å². The highest BCUT2D eigenvalue weighted by molar-refractivity contribution is 7.17. The van der Waals surface area contributed by atoms with Crippen molar-refractivity contribution in [2.24, 2.45) is 0 Å². The highest BCUT2D eigenvalue weighted by Gasteiger charge is 2.23. The number of hydrogen-bond acceptors (Lipinski definition) is 4. The number of benzene rings is 1. The second-order valence-electron chi connectivity index (χ2n) is 5.36. The van der Waals surface area contributed by atoms with E-state index in [1.165, 1.54) is 0 Å². The third-order valence-electron chi connectivity index (χ3n) is 3.66. The Hall–Kier alpha value is -1.91. The van der Waals surface area contributed by atoms with Gasteiger partial charge < -0.3 is 9.84 Å². The van der Waals surface area contributed by atoms with E-state index in [1.807, 2.05) is 41.8 Å². The molecule has 3 nitrogen and oxygen atoms in total. The number of pyridine rings is 1. The van der Waals surface area contributed by atoms with Gasteiger partial charge in [0.05, 0.1) is 16.3 Å². The van der Waals surface area contributed by atoms with Gasteiger partial charge in [-0.25, -0.2) is 0 Å². The van der Waals surface area contributed by atoms with Crippen molar-refractivity contribution in [3.05, 3.63) is 59.1 Å². The number of hydrogen-bond donors (Lipinski definition) is 1.